The molecule has 0 radical (unpaired) electrons. The van der Waals surface area contributed by atoms with Crippen LogP contribution in [0, 0.1) is 0 Å². The second kappa shape index (κ2) is 6.82. The maximum Gasteiger partial charge on any atom is 0.183 e. The summed E-state index contributed by atoms with van der Waals surface area (Å²) in [6, 6.07) is 0. The monoisotopic (exact) mass is 283 g/mol. The van der Waals surface area contributed by atoms with Crippen LogP contribution >= 0.6 is 22.7 Å². The van der Waals surface area contributed by atoms with Crippen LogP contribution in [-0.4, -0.2) is 23.6 Å². The molecule has 2 aromatic heterocycles. The van der Waals surface area contributed by atoms with E-state index >= 15 is 0 Å². The normalized spacial score (nSPS) is 10.8. The first-order valence-corrected chi connectivity index (χ1v) is 7.72. The number of hydrogen-bond donors (Lipinski definition) is 1. The molecule has 0 aliphatic carbocycles. The zero-order valence-corrected chi connectivity index (χ0v) is 12.2. The molecule has 6 heteroatoms. The molecule has 0 spiro atoms. The van der Waals surface area contributed by atoms with Gasteiger partial charge < -0.3 is 10.1 Å². The van der Waals surface area contributed by atoms with Gasteiger partial charge in [-0.1, -0.05) is 13.3 Å². The maximum absolute atomic E-state index is 5.14. The molecule has 0 aliphatic rings. The lowest BCUT2D eigenvalue weighted by Crippen LogP contribution is -2.00. The van der Waals surface area contributed by atoms with Gasteiger partial charge in [0.25, 0.3) is 0 Å². The molecule has 0 amide bonds. The summed E-state index contributed by atoms with van der Waals surface area (Å²) in [5.41, 5.74) is 3.80. The lowest BCUT2D eigenvalue weighted by atomic mass is 10.3. The van der Waals surface area contributed by atoms with E-state index in [1.54, 1.807) is 29.8 Å². The molecule has 0 atom stereocenters. The number of hydrogen-bond acceptors (Lipinski definition) is 6. The van der Waals surface area contributed by atoms with Crippen molar-refractivity contribution in [2.24, 2.45) is 0 Å². The van der Waals surface area contributed by atoms with Crippen molar-refractivity contribution in [1.29, 1.82) is 0 Å². The first-order valence-electron chi connectivity index (χ1n) is 5.96. The molecular formula is C12H17N3OS2. The number of anilines is 1. The number of methoxy groups -OCH3 is 1. The van der Waals surface area contributed by atoms with Crippen LogP contribution in [0.1, 0.15) is 25.5 Å². The molecule has 1 N–H and O–H groups in total. The van der Waals surface area contributed by atoms with E-state index in [1.165, 1.54) is 12.8 Å². The third-order valence-corrected chi connectivity index (χ3v) is 4.16. The first-order chi connectivity index (χ1) is 8.85. The van der Waals surface area contributed by atoms with E-state index in [9.17, 15) is 0 Å². The molecule has 2 rings (SSSR count). The Balaban J connectivity index is 2.06. The fourth-order valence-corrected chi connectivity index (χ4v) is 3.11. The Bertz CT molecular complexity index is 481. The standard InChI is InChI=1S/C12H17N3OS2/c1-3-4-5-13-12-15-10(7-17-12)11-9(6-16-2)14-8-18-11/h7-8H,3-6H2,1-2H3,(H,13,15). The highest BCUT2D eigenvalue weighted by molar-refractivity contribution is 7.15. The molecule has 98 valence electrons. The predicted octanol–water partition coefficient (Wildman–Crippen LogP) is 3.63. The van der Waals surface area contributed by atoms with Crippen molar-refractivity contribution < 1.29 is 4.74 Å². The second-order valence-electron chi connectivity index (χ2n) is 3.88. The number of rotatable bonds is 7. The van der Waals surface area contributed by atoms with Gasteiger partial charge in [-0.25, -0.2) is 9.97 Å². The van der Waals surface area contributed by atoms with Crippen LogP contribution in [-0.2, 0) is 11.3 Å². The number of nitrogens with one attached hydrogen (secondary N) is 1. The lowest BCUT2D eigenvalue weighted by molar-refractivity contribution is 0.182. The summed E-state index contributed by atoms with van der Waals surface area (Å²) < 4.78 is 5.14. The first kappa shape index (κ1) is 13.5. The zero-order valence-electron chi connectivity index (χ0n) is 10.6. The van der Waals surface area contributed by atoms with Crippen molar-refractivity contribution in [1.82, 2.24) is 9.97 Å². The summed E-state index contributed by atoms with van der Waals surface area (Å²) in [4.78, 5) is 10.0. The highest BCUT2D eigenvalue weighted by atomic mass is 32.1. The quantitative estimate of drug-likeness (QED) is 0.788. The molecule has 0 bridgehead atoms. The average Bonchev–Trinajstić information content (AvgIpc) is 2.98. The number of thiazole rings is 2. The summed E-state index contributed by atoms with van der Waals surface area (Å²) in [5.74, 6) is 0. The molecule has 4 nitrogen and oxygen atoms in total. The van der Waals surface area contributed by atoms with Gasteiger partial charge in [0.1, 0.15) is 0 Å². The van der Waals surface area contributed by atoms with E-state index in [0.29, 0.717) is 6.61 Å². The fraction of sp³-hybridized carbons (Fsp3) is 0.500. The van der Waals surface area contributed by atoms with Crippen molar-refractivity contribution >= 4 is 27.8 Å². The highest BCUT2D eigenvalue weighted by Gasteiger charge is 2.11. The third kappa shape index (κ3) is 3.28. The Hall–Kier alpha value is -0.980. The summed E-state index contributed by atoms with van der Waals surface area (Å²) in [6.07, 6.45) is 2.36. The molecule has 2 aromatic rings. The largest absolute Gasteiger partial charge is 0.378 e. The molecule has 0 saturated heterocycles. The van der Waals surface area contributed by atoms with Crippen LogP contribution in [0.15, 0.2) is 10.9 Å². The van der Waals surface area contributed by atoms with Gasteiger partial charge in [-0.05, 0) is 6.42 Å². The zero-order chi connectivity index (χ0) is 12.8. The molecule has 2 heterocycles. The Morgan fingerprint density at radius 3 is 3.06 bits per heavy atom. The predicted molar refractivity (Wildman–Crippen MR) is 77.3 cm³/mol. The van der Waals surface area contributed by atoms with Crippen molar-refractivity contribution in [3.05, 3.63) is 16.6 Å². The van der Waals surface area contributed by atoms with Gasteiger partial charge in [-0.2, -0.15) is 0 Å². The minimum atomic E-state index is 0.537. The van der Waals surface area contributed by atoms with E-state index in [4.69, 9.17) is 4.74 Å². The Kier molecular flexibility index (Phi) is 5.10. The minimum absolute atomic E-state index is 0.537. The van der Waals surface area contributed by atoms with Gasteiger partial charge in [-0.3, -0.25) is 0 Å². The summed E-state index contributed by atoms with van der Waals surface area (Å²) in [5, 5.41) is 6.39. The van der Waals surface area contributed by atoms with Gasteiger partial charge in [0.05, 0.1) is 28.4 Å². The van der Waals surface area contributed by atoms with Crippen LogP contribution in [0.4, 0.5) is 5.13 Å². The fourth-order valence-electron chi connectivity index (χ4n) is 1.55. The molecular weight excluding hydrogens is 266 g/mol. The van der Waals surface area contributed by atoms with Crippen molar-refractivity contribution in [2.75, 3.05) is 19.0 Å². The van der Waals surface area contributed by atoms with E-state index in [1.807, 2.05) is 5.51 Å². The molecule has 0 unspecified atom stereocenters. The number of nitrogens with zero attached hydrogens (tertiary/aromatic N) is 2. The summed E-state index contributed by atoms with van der Waals surface area (Å²) >= 11 is 3.25. The van der Waals surface area contributed by atoms with E-state index < -0.39 is 0 Å². The van der Waals surface area contributed by atoms with Crippen LogP contribution in [0.2, 0.25) is 0 Å². The van der Waals surface area contributed by atoms with Gasteiger partial charge in [-0.15, -0.1) is 22.7 Å². The molecule has 0 fully saturated rings. The van der Waals surface area contributed by atoms with Crippen LogP contribution in [0.25, 0.3) is 10.6 Å². The summed E-state index contributed by atoms with van der Waals surface area (Å²) in [7, 11) is 1.68. The average molecular weight is 283 g/mol. The van der Waals surface area contributed by atoms with E-state index in [0.717, 1.165) is 27.9 Å². The highest BCUT2D eigenvalue weighted by Crippen LogP contribution is 2.30. The third-order valence-electron chi connectivity index (χ3n) is 2.47. The molecule has 0 aromatic carbocycles. The molecule has 0 saturated carbocycles. The van der Waals surface area contributed by atoms with Gasteiger partial charge in [0.2, 0.25) is 0 Å². The summed E-state index contributed by atoms with van der Waals surface area (Å²) in [6.45, 7) is 3.70. The van der Waals surface area contributed by atoms with Crippen molar-refractivity contribution in [3.63, 3.8) is 0 Å². The van der Waals surface area contributed by atoms with Crippen LogP contribution in [0.3, 0.4) is 0 Å². The number of unbranched alkanes of at least 4 members (excludes halogenated alkanes) is 1. The van der Waals surface area contributed by atoms with E-state index in [2.05, 4.69) is 27.6 Å². The maximum atomic E-state index is 5.14. The minimum Gasteiger partial charge on any atom is -0.378 e. The van der Waals surface area contributed by atoms with Gasteiger partial charge in [0, 0.05) is 19.0 Å². The number of aromatic nitrogens is 2. The Morgan fingerprint density at radius 1 is 1.39 bits per heavy atom. The van der Waals surface area contributed by atoms with Crippen molar-refractivity contribution in [2.45, 2.75) is 26.4 Å². The smallest absolute Gasteiger partial charge is 0.183 e. The van der Waals surface area contributed by atoms with E-state index in [-0.39, 0.29) is 0 Å². The van der Waals surface area contributed by atoms with Crippen LogP contribution < -0.4 is 5.32 Å². The Labute approximate surface area is 115 Å². The van der Waals surface area contributed by atoms with Gasteiger partial charge in [0.15, 0.2) is 5.13 Å². The number of ether oxygens (including phenoxy) is 1. The lowest BCUT2D eigenvalue weighted by Gasteiger charge is -2.00. The van der Waals surface area contributed by atoms with Gasteiger partial charge >= 0.3 is 0 Å². The molecule has 0 aliphatic heterocycles. The van der Waals surface area contributed by atoms with Crippen LogP contribution in [0.5, 0.6) is 0 Å². The van der Waals surface area contributed by atoms with Crippen molar-refractivity contribution in [3.8, 4) is 10.6 Å². The topological polar surface area (TPSA) is 47.0 Å². The molecule has 18 heavy (non-hydrogen) atoms. The SMILES string of the molecule is CCCCNc1nc(-c2scnc2COC)cs1. The Morgan fingerprint density at radius 2 is 2.28 bits per heavy atom. The second-order valence-corrected chi connectivity index (χ2v) is 5.59.